The highest BCUT2D eigenvalue weighted by Gasteiger charge is 2.26. The zero-order valence-electron chi connectivity index (χ0n) is 16.8. The molecular formula is C22H27NO5. The average molecular weight is 385 g/mol. The third-order valence-corrected chi connectivity index (χ3v) is 4.34. The molecule has 28 heavy (non-hydrogen) atoms. The fourth-order valence-corrected chi connectivity index (χ4v) is 2.10. The number of rotatable bonds is 9. The van der Waals surface area contributed by atoms with Gasteiger partial charge in [-0.15, -0.1) is 0 Å². The van der Waals surface area contributed by atoms with Crippen LogP contribution in [0, 0.1) is 23.7 Å². The number of carbonyl (C=O) groups is 2. The molecule has 0 fully saturated rings. The molecular weight excluding hydrogens is 358 g/mol. The lowest BCUT2D eigenvalue weighted by Crippen LogP contribution is -2.27. The fraction of sp³-hybridized carbons (Fsp3) is 0.409. The molecule has 0 atom stereocenters. The van der Waals surface area contributed by atoms with Gasteiger partial charge in [0.05, 0.1) is 12.0 Å². The molecule has 0 spiro atoms. The van der Waals surface area contributed by atoms with Crippen molar-refractivity contribution in [2.24, 2.45) is 5.41 Å². The number of ether oxygens (including phenoxy) is 2. The van der Waals surface area contributed by atoms with Gasteiger partial charge in [0.2, 0.25) is 0 Å². The van der Waals surface area contributed by atoms with E-state index in [4.69, 9.17) is 14.7 Å². The number of nitriles is 1. The molecule has 1 aromatic carbocycles. The zero-order chi connectivity index (χ0) is 21.2. The summed E-state index contributed by atoms with van der Waals surface area (Å²) in [7, 11) is 0. The number of hydrogen-bond acceptors (Lipinski definition) is 6. The Morgan fingerprint density at radius 2 is 1.93 bits per heavy atom. The van der Waals surface area contributed by atoms with Crippen molar-refractivity contribution >= 4 is 18.0 Å². The first kappa shape index (κ1) is 23.1. The monoisotopic (exact) mass is 385 g/mol. The van der Waals surface area contributed by atoms with Crippen LogP contribution in [-0.2, 0) is 25.7 Å². The number of aliphatic hydroxyl groups is 1. The Morgan fingerprint density at radius 3 is 2.54 bits per heavy atom. The van der Waals surface area contributed by atoms with Crippen LogP contribution in [0.25, 0.3) is 6.08 Å². The highest BCUT2D eigenvalue weighted by Crippen LogP contribution is 2.21. The average Bonchev–Trinajstić information content (AvgIpc) is 2.68. The van der Waals surface area contributed by atoms with Crippen LogP contribution in [0.15, 0.2) is 35.9 Å². The van der Waals surface area contributed by atoms with Crippen LogP contribution in [0.5, 0.6) is 0 Å². The van der Waals surface area contributed by atoms with Gasteiger partial charge in [-0.05, 0) is 44.4 Å². The lowest BCUT2D eigenvalue weighted by molar-refractivity contribution is -0.158. The number of hydrogen-bond donors (Lipinski definition) is 1. The van der Waals surface area contributed by atoms with Gasteiger partial charge in [-0.1, -0.05) is 42.8 Å². The maximum atomic E-state index is 12.0. The third kappa shape index (κ3) is 7.01. The van der Waals surface area contributed by atoms with Gasteiger partial charge in [0.25, 0.3) is 0 Å². The summed E-state index contributed by atoms with van der Waals surface area (Å²) >= 11 is 0. The zero-order valence-corrected chi connectivity index (χ0v) is 16.8. The van der Waals surface area contributed by atoms with E-state index in [2.05, 4.69) is 0 Å². The van der Waals surface area contributed by atoms with E-state index in [0.29, 0.717) is 6.42 Å². The maximum absolute atomic E-state index is 12.0. The van der Waals surface area contributed by atoms with Crippen LogP contribution in [0.1, 0.15) is 43.9 Å². The van der Waals surface area contributed by atoms with E-state index in [1.165, 1.54) is 6.08 Å². The van der Waals surface area contributed by atoms with E-state index < -0.39 is 11.4 Å². The number of aryl methyl sites for hydroxylation is 1. The lowest BCUT2D eigenvalue weighted by atomic mass is 9.91. The van der Waals surface area contributed by atoms with Crippen molar-refractivity contribution in [3.63, 3.8) is 0 Å². The Hall–Kier alpha value is -2.91. The standard InChI is InChI=1S/C22H27NO5/c1-5-22(3,4)21(26)28-12-11-27-20(25)18(14-23)8-6-7-17-13-16(2)9-10-19(17)15-24/h6-10,13,24H,5,11-12,15H2,1-4H3/b7-6+,18-8+. The van der Waals surface area contributed by atoms with Crippen molar-refractivity contribution in [2.75, 3.05) is 13.2 Å². The minimum absolute atomic E-state index is 0.0638. The number of esters is 2. The number of allylic oxidation sites excluding steroid dienone is 2. The Kier molecular flexibility index (Phi) is 9.13. The predicted octanol–water partition coefficient (Wildman–Crippen LogP) is 3.47. The smallest absolute Gasteiger partial charge is 0.349 e. The summed E-state index contributed by atoms with van der Waals surface area (Å²) in [6.07, 6.45) is 5.24. The number of nitrogens with zero attached hydrogens (tertiary/aromatic N) is 1. The van der Waals surface area contributed by atoms with Crippen molar-refractivity contribution in [1.29, 1.82) is 5.26 Å². The minimum Gasteiger partial charge on any atom is -0.462 e. The first-order valence-corrected chi connectivity index (χ1v) is 9.08. The summed E-state index contributed by atoms with van der Waals surface area (Å²) in [6, 6.07) is 7.40. The second kappa shape index (κ2) is 11.1. The van der Waals surface area contributed by atoms with E-state index in [9.17, 15) is 14.7 Å². The van der Waals surface area contributed by atoms with Crippen molar-refractivity contribution in [3.05, 3.63) is 52.6 Å². The predicted molar refractivity (Wildman–Crippen MR) is 106 cm³/mol. The second-order valence-corrected chi connectivity index (χ2v) is 6.92. The minimum atomic E-state index is -0.787. The molecule has 0 saturated heterocycles. The number of aliphatic hydroxyl groups excluding tert-OH is 1. The molecule has 0 aromatic heterocycles. The van der Waals surface area contributed by atoms with Gasteiger partial charge in [0.1, 0.15) is 24.9 Å². The quantitative estimate of drug-likeness (QED) is 0.230. The lowest BCUT2D eigenvalue weighted by Gasteiger charge is -2.20. The summed E-state index contributed by atoms with van der Waals surface area (Å²) in [5, 5.41) is 18.5. The first-order chi connectivity index (χ1) is 13.2. The fourth-order valence-electron chi connectivity index (χ4n) is 2.10. The molecule has 0 aliphatic heterocycles. The van der Waals surface area contributed by atoms with E-state index in [1.807, 2.05) is 32.0 Å². The Balaban J connectivity index is 2.63. The van der Waals surface area contributed by atoms with Crippen LogP contribution in [0.2, 0.25) is 0 Å². The normalized spacial score (nSPS) is 11.9. The second-order valence-electron chi connectivity index (χ2n) is 6.92. The molecule has 1 N–H and O–H groups in total. The van der Waals surface area contributed by atoms with E-state index in [0.717, 1.165) is 16.7 Å². The van der Waals surface area contributed by atoms with E-state index in [-0.39, 0.29) is 31.4 Å². The van der Waals surface area contributed by atoms with Gasteiger partial charge in [0.15, 0.2) is 0 Å². The summed E-state index contributed by atoms with van der Waals surface area (Å²) in [5.74, 6) is -1.15. The molecule has 0 radical (unpaired) electrons. The van der Waals surface area contributed by atoms with Crippen LogP contribution in [-0.4, -0.2) is 30.3 Å². The highest BCUT2D eigenvalue weighted by molar-refractivity contribution is 5.93. The molecule has 0 saturated carbocycles. The van der Waals surface area contributed by atoms with Crippen LogP contribution < -0.4 is 0 Å². The van der Waals surface area contributed by atoms with E-state index >= 15 is 0 Å². The van der Waals surface area contributed by atoms with Crippen molar-refractivity contribution in [2.45, 2.75) is 40.7 Å². The van der Waals surface area contributed by atoms with Crippen molar-refractivity contribution in [1.82, 2.24) is 0 Å². The molecule has 0 aliphatic rings. The summed E-state index contributed by atoms with van der Waals surface area (Å²) in [6.45, 7) is 7.08. The number of carbonyl (C=O) groups excluding carboxylic acids is 2. The van der Waals surface area contributed by atoms with Crippen LogP contribution in [0.4, 0.5) is 0 Å². The van der Waals surface area contributed by atoms with Gasteiger partial charge in [-0.3, -0.25) is 4.79 Å². The van der Waals surface area contributed by atoms with Crippen molar-refractivity contribution in [3.8, 4) is 6.07 Å². The molecule has 0 aliphatic carbocycles. The first-order valence-electron chi connectivity index (χ1n) is 9.08. The molecule has 150 valence electrons. The molecule has 0 heterocycles. The Labute approximate surface area is 166 Å². The van der Waals surface area contributed by atoms with E-state index in [1.54, 1.807) is 32.1 Å². The van der Waals surface area contributed by atoms with Gasteiger partial charge in [-0.25, -0.2) is 4.79 Å². The van der Waals surface area contributed by atoms with Gasteiger partial charge < -0.3 is 14.6 Å². The molecule has 6 heteroatoms. The largest absolute Gasteiger partial charge is 0.462 e. The Bertz CT molecular complexity index is 800. The molecule has 1 rings (SSSR count). The topological polar surface area (TPSA) is 96.6 Å². The highest BCUT2D eigenvalue weighted by atomic mass is 16.6. The van der Waals surface area contributed by atoms with Crippen LogP contribution >= 0.6 is 0 Å². The number of benzene rings is 1. The Morgan fingerprint density at radius 1 is 1.25 bits per heavy atom. The van der Waals surface area contributed by atoms with Crippen molar-refractivity contribution < 1.29 is 24.2 Å². The van der Waals surface area contributed by atoms with Gasteiger partial charge in [-0.2, -0.15) is 5.26 Å². The molecule has 6 nitrogen and oxygen atoms in total. The third-order valence-electron chi connectivity index (χ3n) is 4.34. The maximum Gasteiger partial charge on any atom is 0.349 e. The molecule has 0 amide bonds. The molecule has 0 unspecified atom stereocenters. The summed E-state index contributed by atoms with van der Waals surface area (Å²) < 4.78 is 10.1. The summed E-state index contributed by atoms with van der Waals surface area (Å²) in [5.41, 5.74) is 1.81. The molecule has 0 bridgehead atoms. The van der Waals surface area contributed by atoms with Gasteiger partial charge in [0, 0.05) is 0 Å². The van der Waals surface area contributed by atoms with Crippen LogP contribution in [0.3, 0.4) is 0 Å². The SMILES string of the molecule is CCC(C)(C)C(=O)OCCOC(=O)/C(C#N)=C/C=C/c1cc(C)ccc1CO. The van der Waals surface area contributed by atoms with Gasteiger partial charge >= 0.3 is 11.9 Å². The molecule has 1 aromatic rings. The summed E-state index contributed by atoms with van der Waals surface area (Å²) in [4.78, 5) is 23.8.